The van der Waals surface area contributed by atoms with Gasteiger partial charge in [-0.1, -0.05) is 5.92 Å². The van der Waals surface area contributed by atoms with Gasteiger partial charge in [0, 0.05) is 37.8 Å². The maximum atomic E-state index is 11.0. The predicted molar refractivity (Wildman–Crippen MR) is 70.7 cm³/mol. The Morgan fingerprint density at radius 3 is 2.56 bits per heavy atom. The summed E-state index contributed by atoms with van der Waals surface area (Å²) >= 11 is 0. The van der Waals surface area contributed by atoms with Gasteiger partial charge in [0.15, 0.2) is 0 Å². The standard InChI is InChI=1S/C13H15N3O2/c1-3-11-4-5-12(16(17)18)13(10-11)15-8-6-14(2)7-9-15/h1,4-5,10H,6-9H2,2H3. The molecule has 0 aliphatic carbocycles. The van der Waals surface area contributed by atoms with Crippen LogP contribution in [0.5, 0.6) is 0 Å². The van der Waals surface area contributed by atoms with Crippen molar-refractivity contribution in [2.24, 2.45) is 0 Å². The molecule has 0 amide bonds. The quantitative estimate of drug-likeness (QED) is 0.448. The molecule has 0 atom stereocenters. The smallest absolute Gasteiger partial charge is 0.292 e. The summed E-state index contributed by atoms with van der Waals surface area (Å²) in [7, 11) is 2.05. The molecule has 94 valence electrons. The summed E-state index contributed by atoms with van der Waals surface area (Å²) in [5.74, 6) is 2.52. The highest BCUT2D eigenvalue weighted by Gasteiger charge is 2.22. The van der Waals surface area contributed by atoms with Gasteiger partial charge in [-0.3, -0.25) is 10.1 Å². The van der Waals surface area contributed by atoms with E-state index < -0.39 is 0 Å². The first-order valence-electron chi connectivity index (χ1n) is 5.80. The molecule has 1 aliphatic heterocycles. The van der Waals surface area contributed by atoms with Gasteiger partial charge in [0.1, 0.15) is 5.69 Å². The minimum atomic E-state index is -0.353. The van der Waals surface area contributed by atoms with Crippen LogP contribution in [0.15, 0.2) is 18.2 Å². The van der Waals surface area contributed by atoms with E-state index in [1.165, 1.54) is 6.07 Å². The van der Waals surface area contributed by atoms with Crippen molar-refractivity contribution < 1.29 is 4.92 Å². The Balaban J connectivity index is 2.35. The number of likely N-dealkylation sites (N-methyl/N-ethyl adjacent to an activating group) is 1. The lowest BCUT2D eigenvalue weighted by atomic mass is 10.1. The van der Waals surface area contributed by atoms with Crippen LogP contribution in [0.2, 0.25) is 0 Å². The third-order valence-electron chi connectivity index (χ3n) is 3.18. The average molecular weight is 245 g/mol. The third kappa shape index (κ3) is 2.44. The Morgan fingerprint density at radius 1 is 1.33 bits per heavy atom. The Labute approximate surface area is 106 Å². The summed E-state index contributed by atoms with van der Waals surface area (Å²) in [5.41, 5.74) is 1.43. The van der Waals surface area contributed by atoms with E-state index in [1.54, 1.807) is 12.1 Å². The number of benzene rings is 1. The summed E-state index contributed by atoms with van der Waals surface area (Å²) < 4.78 is 0. The number of anilines is 1. The number of nitro groups is 1. The fraction of sp³-hybridized carbons (Fsp3) is 0.385. The number of nitro benzene ring substituents is 1. The maximum Gasteiger partial charge on any atom is 0.292 e. The number of piperazine rings is 1. The highest BCUT2D eigenvalue weighted by Crippen LogP contribution is 2.29. The van der Waals surface area contributed by atoms with Crippen molar-refractivity contribution in [3.05, 3.63) is 33.9 Å². The van der Waals surface area contributed by atoms with E-state index in [1.807, 2.05) is 11.9 Å². The van der Waals surface area contributed by atoms with Crippen LogP contribution in [-0.2, 0) is 0 Å². The van der Waals surface area contributed by atoms with Gasteiger partial charge < -0.3 is 9.80 Å². The summed E-state index contributed by atoms with van der Waals surface area (Å²) in [6, 6.07) is 4.82. The molecule has 1 saturated heterocycles. The van der Waals surface area contributed by atoms with Crippen molar-refractivity contribution in [3.63, 3.8) is 0 Å². The minimum absolute atomic E-state index is 0.124. The fourth-order valence-electron chi connectivity index (χ4n) is 2.07. The van der Waals surface area contributed by atoms with Crippen molar-refractivity contribution in [1.29, 1.82) is 0 Å². The van der Waals surface area contributed by atoms with E-state index >= 15 is 0 Å². The number of hydrogen-bond acceptors (Lipinski definition) is 4. The van der Waals surface area contributed by atoms with E-state index in [9.17, 15) is 10.1 Å². The zero-order valence-corrected chi connectivity index (χ0v) is 10.3. The molecule has 18 heavy (non-hydrogen) atoms. The first-order chi connectivity index (χ1) is 8.61. The zero-order chi connectivity index (χ0) is 13.1. The molecule has 2 rings (SSSR count). The van der Waals surface area contributed by atoms with Crippen LogP contribution >= 0.6 is 0 Å². The monoisotopic (exact) mass is 245 g/mol. The summed E-state index contributed by atoms with van der Waals surface area (Å²) in [4.78, 5) is 14.9. The normalized spacial score (nSPS) is 16.3. The second-order valence-corrected chi connectivity index (χ2v) is 4.40. The third-order valence-corrected chi connectivity index (χ3v) is 3.18. The van der Waals surface area contributed by atoms with Crippen LogP contribution in [0.1, 0.15) is 5.56 Å². The van der Waals surface area contributed by atoms with Crippen LogP contribution in [0, 0.1) is 22.5 Å². The molecule has 0 spiro atoms. The molecule has 0 N–H and O–H groups in total. The van der Waals surface area contributed by atoms with Gasteiger partial charge in [-0.25, -0.2) is 0 Å². The highest BCUT2D eigenvalue weighted by atomic mass is 16.6. The lowest BCUT2D eigenvalue weighted by Gasteiger charge is -2.33. The molecule has 0 saturated carbocycles. The molecule has 0 unspecified atom stereocenters. The highest BCUT2D eigenvalue weighted by molar-refractivity contribution is 5.66. The zero-order valence-electron chi connectivity index (χ0n) is 10.3. The molecular weight excluding hydrogens is 230 g/mol. The van der Waals surface area contributed by atoms with E-state index in [-0.39, 0.29) is 10.6 Å². The van der Waals surface area contributed by atoms with Gasteiger partial charge >= 0.3 is 0 Å². The van der Waals surface area contributed by atoms with Crippen molar-refractivity contribution in [3.8, 4) is 12.3 Å². The predicted octanol–water partition coefficient (Wildman–Crippen LogP) is 1.33. The second-order valence-electron chi connectivity index (χ2n) is 4.40. The van der Waals surface area contributed by atoms with Crippen molar-refractivity contribution in [2.75, 3.05) is 38.1 Å². The van der Waals surface area contributed by atoms with E-state index in [0.717, 1.165) is 26.2 Å². The second kappa shape index (κ2) is 5.07. The van der Waals surface area contributed by atoms with Crippen molar-refractivity contribution in [1.82, 2.24) is 4.90 Å². The minimum Gasteiger partial charge on any atom is -0.363 e. The average Bonchev–Trinajstić information content (AvgIpc) is 2.38. The molecule has 5 heteroatoms. The molecule has 1 aromatic rings. The number of hydrogen-bond donors (Lipinski definition) is 0. The van der Waals surface area contributed by atoms with Gasteiger partial charge in [-0.2, -0.15) is 0 Å². The Kier molecular flexibility index (Phi) is 3.49. The maximum absolute atomic E-state index is 11.0. The Hall–Kier alpha value is -2.06. The molecule has 5 nitrogen and oxygen atoms in total. The van der Waals surface area contributed by atoms with Gasteiger partial charge in [-0.15, -0.1) is 6.42 Å². The van der Waals surface area contributed by atoms with E-state index in [0.29, 0.717) is 11.3 Å². The lowest BCUT2D eigenvalue weighted by Crippen LogP contribution is -2.44. The fourth-order valence-corrected chi connectivity index (χ4v) is 2.07. The molecule has 1 heterocycles. The van der Waals surface area contributed by atoms with Crippen LogP contribution in [0.25, 0.3) is 0 Å². The topological polar surface area (TPSA) is 49.6 Å². The van der Waals surface area contributed by atoms with E-state index in [2.05, 4.69) is 10.8 Å². The molecule has 1 fully saturated rings. The first-order valence-corrected chi connectivity index (χ1v) is 5.80. The summed E-state index contributed by atoms with van der Waals surface area (Å²) in [6.45, 7) is 3.37. The van der Waals surface area contributed by atoms with Crippen LogP contribution in [-0.4, -0.2) is 43.0 Å². The Bertz CT molecular complexity index is 499. The molecular formula is C13H15N3O2. The van der Waals surface area contributed by atoms with Crippen molar-refractivity contribution in [2.45, 2.75) is 0 Å². The molecule has 0 bridgehead atoms. The van der Waals surface area contributed by atoms with Crippen LogP contribution < -0.4 is 4.90 Å². The van der Waals surface area contributed by atoms with Crippen molar-refractivity contribution >= 4 is 11.4 Å². The number of rotatable bonds is 2. The van der Waals surface area contributed by atoms with Gasteiger partial charge in [-0.05, 0) is 19.2 Å². The van der Waals surface area contributed by atoms with Crippen LogP contribution in [0.3, 0.4) is 0 Å². The molecule has 0 aromatic heterocycles. The Morgan fingerprint density at radius 2 is 2.00 bits per heavy atom. The van der Waals surface area contributed by atoms with Gasteiger partial charge in [0.05, 0.1) is 4.92 Å². The number of terminal acetylenes is 1. The van der Waals surface area contributed by atoms with Crippen LogP contribution in [0.4, 0.5) is 11.4 Å². The molecule has 0 radical (unpaired) electrons. The largest absolute Gasteiger partial charge is 0.363 e. The van der Waals surface area contributed by atoms with E-state index in [4.69, 9.17) is 6.42 Å². The van der Waals surface area contributed by atoms with Gasteiger partial charge in [0.2, 0.25) is 0 Å². The molecule has 1 aliphatic rings. The lowest BCUT2D eigenvalue weighted by molar-refractivity contribution is -0.384. The summed E-state index contributed by atoms with van der Waals surface area (Å²) in [6.07, 6.45) is 5.35. The first kappa shape index (κ1) is 12.4. The summed E-state index contributed by atoms with van der Waals surface area (Å²) in [5, 5.41) is 11.0. The SMILES string of the molecule is C#Cc1ccc([N+](=O)[O-])c(N2CCN(C)CC2)c1. The number of nitrogens with zero attached hydrogens (tertiary/aromatic N) is 3. The molecule has 1 aromatic carbocycles. The van der Waals surface area contributed by atoms with Gasteiger partial charge in [0.25, 0.3) is 5.69 Å².